The molecule has 1 amide bonds. The van der Waals surface area contributed by atoms with Crippen molar-refractivity contribution < 1.29 is 9.53 Å². The quantitative estimate of drug-likeness (QED) is 0.905. The Morgan fingerprint density at radius 1 is 1.57 bits per heavy atom. The fourth-order valence-corrected chi connectivity index (χ4v) is 2.68. The number of carbonyl (C=O) groups is 1. The van der Waals surface area contributed by atoms with E-state index in [4.69, 9.17) is 4.74 Å². The lowest BCUT2D eigenvalue weighted by Crippen LogP contribution is -2.46. The van der Waals surface area contributed by atoms with E-state index >= 15 is 0 Å². The van der Waals surface area contributed by atoms with Gasteiger partial charge in [0.1, 0.15) is 0 Å². The molecule has 5 heteroatoms. The second kappa shape index (κ2) is 7.41. The van der Waals surface area contributed by atoms with Gasteiger partial charge in [0.05, 0.1) is 23.6 Å². The molecule has 116 valence electrons. The molecule has 1 aromatic rings. The van der Waals surface area contributed by atoms with Crippen LogP contribution in [0.5, 0.6) is 0 Å². The number of carbonyl (C=O) groups excluding carboxylic acids is 1. The molecule has 1 N–H and O–H groups in total. The van der Waals surface area contributed by atoms with E-state index in [0.29, 0.717) is 18.0 Å². The minimum absolute atomic E-state index is 0.0601. The number of piperidine rings is 1. The smallest absolute Gasteiger partial charge is 0.256 e. The average Bonchev–Trinajstić information content (AvgIpc) is 2.53. The van der Waals surface area contributed by atoms with Gasteiger partial charge in [-0.1, -0.05) is 13.8 Å². The summed E-state index contributed by atoms with van der Waals surface area (Å²) >= 11 is 0. The number of nitrogens with zero attached hydrogens (tertiary/aromatic N) is 2. The third-order valence-corrected chi connectivity index (χ3v) is 4.10. The highest BCUT2D eigenvalue weighted by molar-refractivity contribution is 5.99. The molecule has 5 nitrogen and oxygen atoms in total. The Hall–Kier alpha value is -1.62. The summed E-state index contributed by atoms with van der Waals surface area (Å²) in [6.45, 7) is 6.56. The summed E-state index contributed by atoms with van der Waals surface area (Å²) in [4.78, 5) is 18.8. The van der Waals surface area contributed by atoms with Gasteiger partial charge in [-0.3, -0.25) is 9.78 Å². The van der Waals surface area contributed by atoms with Crippen LogP contribution < -0.4 is 5.32 Å². The van der Waals surface area contributed by atoms with Crippen LogP contribution in [0.3, 0.4) is 0 Å². The van der Waals surface area contributed by atoms with Gasteiger partial charge in [-0.05, 0) is 24.8 Å². The van der Waals surface area contributed by atoms with Crippen LogP contribution in [0.2, 0.25) is 0 Å². The Morgan fingerprint density at radius 3 is 3.10 bits per heavy atom. The molecule has 2 heterocycles. The molecule has 2 rings (SSSR count). The van der Waals surface area contributed by atoms with Crippen LogP contribution in [0, 0.1) is 5.92 Å². The van der Waals surface area contributed by atoms with Gasteiger partial charge in [0, 0.05) is 32.9 Å². The first kappa shape index (κ1) is 15.8. The largest absolute Gasteiger partial charge is 0.383 e. The Morgan fingerprint density at radius 2 is 2.38 bits per heavy atom. The molecular formula is C16H25N3O2. The molecule has 1 fully saturated rings. The highest BCUT2D eigenvalue weighted by Crippen LogP contribution is 2.23. The second-order valence-electron chi connectivity index (χ2n) is 5.64. The maximum Gasteiger partial charge on any atom is 0.256 e. The third kappa shape index (κ3) is 3.73. The van der Waals surface area contributed by atoms with Crippen LogP contribution >= 0.6 is 0 Å². The van der Waals surface area contributed by atoms with Crippen molar-refractivity contribution in [1.29, 1.82) is 0 Å². The summed E-state index contributed by atoms with van der Waals surface area (Å²) in [5.41, 5.74) is 1.51. The van der Waals surface area contributed by atoms with E-state index in [1.54, 1.807) is 25.6 Å². The molecule has 21 heavy (non-hydrogen) atoms. The van der Waals surface area contributed by atoms with Crippen molar-refractivity contribution in [3.8, 4) is 0 Å². The lowest BCUT2D eigenvalue weighted by molar-refractivity contribution is -0.00153. The molecule has 0 spiro atoms. The number of rotatable bonds is 5. The predicted molar refractivity (Wildman–Crippen MR) is 83.5 cm³/mol. The fourth-order valence-electron chi connectivity index (χ4n) is 2.68. The van der Waals surface area contributed by atoms with E-state index in [9.17, 15) is 4.79 Å². The Balaban J connectivity index is 2.12. The van der Waals surface area contributed by atoms with Gasteiger partial charge in [0.15, 0.2) is 0 Å². The van der Waals surface area contributed by atoms with Crippen molar-refractivity contribution in [2.75, 3.05) is 32.1 Å². The highest BCUT2D eigenvalue weighted by atomic mass is 16.5. The number of aromatic nitrogens is 1. The lowest BCUT2D eigenvalue weighted by atomic mass is 9.95. The first-order valence-electron chi connectivity index (χ1n) is 7.67. The summed E-state index contributed by atoms with van der Waals surface area (Å²) in [6.07, 6.45) is 5.51. The zero-order valence-electron chi connectivity index (χ0n) is 13.1. The summed E-state index contributed by atoms with van der Waals surface area (Å²) < 4.78 is 5.49. The third-order valence-electron chi connectivity index (χ3n) is 4.10. The summed E-state index contributed by atoms with van der Waals surface area (Å²) in [5.74, 6) is 0.555. The molecule has 0 saturated carbocycles. The van der Waals surface area contributed by atoms with Crippen LogP contribution in [-0.4, -0.2) is 48.6 Å². The number of nitrogens with one attached hydrogen (secondary N) is 1. The first-order chi connectivity index (χ1) is 10.2. The van der Waals surface area contributed by atoms with E-state index in [1.165, 1.54) is 0 Å². The fraction of sp³-hybridized carbons (Fsp3) is 0.625. The lowest BCUT2D eigenvalue weighted by Gasteiger charge is -2.36. The number of ether oxygens (including phenoxy) is 1. The maximum atomic E-state index is 12.8. The van der Waals surface area contributed by atoms with Gasteiger partial charge in [-0.25, -0.2) is 0 Å². The minimum Gasteiger partial charge on any atom is -0.383 e. The molecular weight excluding hydrogens is 266 g/mol. The molecule has 1 aromatic heterocycles. The molecule has 0 radical (unpaired) electrons. The number of anilines is 1. The van der Waals surface area contributed by atoms with Crippen LogP contribution in [0.25, 0.3) is 0 Å². The van der Waals surface area contributed by atoms with Crippen LogP contribution in [-0.2, 0) is 4.74 Å². The van der Waals surface area contributed by atoms with E-state index in [2.05, 4.69) is 24.1 Å². The van der Waals surface area contributed by atoms with E-state index in [-0.39, 0.29) is 12.0 Å². The number of amides is 1. The molecule has 0 aliphatic carbocycles. The molecule has 1 saturated heterocycles. The maximum absolute atomic E-state index is 12.8. The molecule has 1 aliphatic heterocycles. The Labute approximate surface area is 126 Å². The highest BCUT2D eigenvalue weighted by Gasteiger charge is 2.30. The van der Waals surface area contributed by atoms with Crippen LogP contribution in [0.1, 0.15) is 37.0 Å². The van der Waals surface area contributed by atoms with Gasteiger partial charge in [0.2, 0.25) is 0 Å². The Kier molecular flexibility index (Phi) is 5.56. The zero-order chi connectivity index (χ0) is 15.2. The number of likely N-dealkylation sites (tertiary alicyclic amines) is 1. The molecule has 2 unspecified atom stereocenters. The van der Waals surface area contributed by atoms with E-state index in [1.807, 2.05) is 4.90 Å². The van der Waals surface area contributed by atoms with Crippen LogP contribution in [0.4, 0.5) is 5.69 Å². The predicted octanol–water partition coefficient (Wildman–Crippen LogP) is 2.40. The Bertz CT molecular complexity index is 478. The van der Waals surface area contributed by atoms with Crippen molar-refractivity contribution in [3.63, 3.8) is 0 Å². The van der Waals surface area contributed by atoms with Crippen molar-refractivity contribution in [3.05, 3.63) is 24.0 Å². The van der Waals surface area contributed by atoms with E-state index < -0.39 is 0 Å². The molecule has 0 bridgehead atoms. The van der Waals surface area contributed by atoms with Crippen molar-refractivity contribution in [2.45, 2.75) is 32.8 Å². The first-order valence-corrected chi connectivity index (χ1v) is 7.67. The van der Waals surface area contributed by atoms with Crippen molar-refractivity contribution in [1.82, 2.24) is 9.88 Å². The minimum atomic E-state index is 0.0601. The monoisotopic (exact) mass is 291 g/mol. The summed E-state index contributed by atoms with van der Waals surface area (Å²) in [7, 11) is 1.72. The zero-order valence-corrected chi connectivity index (χ0v) is 13.1. The number of methoxy groups -OCH3 is 1. The van der Waals surface area contributed by atoms with Gasteiger partial charge < -0.3 is 15.0 Å². The standard InChI is InChI=1S/C16H25N3O2/c1-4-7-18-14-10-17-8-5-13(14)16(20)19-9-6-12(2)15(11-19)21-3/h5,8,10,12,15,18H,4,6-7,9,11H2,1-3H3. The number of pyridine rings is 1. The topological polar surface area (TPSA) is 54.5 Å². The van der Waals surface area contributed by atoms with Gasteiger partial charge in [-0.15, -0.1) is 0 Å². The number of hydrogen-bond acceptors (Lipinski definition) is 4. The van der Waals surface area contributed by atoms with E-state index in [0.717, 1.165) is 31.6 Å². The van der Waals surface area contributed by atoms with Gasteiger partial charge in [-0.2, -0.15) is 0 Å². The summed E-state index contributed by atoms with van der Waals surface area (Å²) in [5, 5.41) is 3.28. The molecule has 0 aromatic carbocycles. The van der Waals surface area contributed by atoms with Crippen molar-refractivity contribution in [2.24, 2.45) is 5.92 Å². The molecule has 2 atom stereocenters. The summed E-state index contributed by atoms with van der Waals surface area (Å²) in [6, 6.07) is 1.79. The number of hydrogen-bond donors (Lipinski definition) is 1. The van der Waals surface area contributed by atoms with Gasteiger partial charge in [0.25, 0.3) is 5.91 Å². The van der Waals surface area contributed by atoms with Crippen molar-refractivity contribution >= 4 is 11.6 Å². The SMILES string of the molecule is CCCNc1cnccc1C(=O)N1CCC(C)C(OC)C1. The van der Waals surface area contributed by atoms with Crippen LogP contribution in [0.15, 0.2) is 18.5 Å². The normalized spacial score (nSPS) is 22.1. The average molecular weight is 291 g/mol. The second-order valence-corrected chi connectivity index (χ2v) is 5.64. The molecule has 1 aliphatic rings. The van der Waals surface area contributed by atoms with Gasteiger partial charge >= 0.3 is 0 Å².